The van der Waals surface area contributed by atoms with E-state index >= 15 is 0 Å². The number of ether oxygens (including phenoxy) is 1. The van der Waals surface area contributed by atoms with Gasteiger partial charge in [0.15, 0.2) is 0 Å². The topological polar surface area (TPSA) is 81.4 Å². The lowest BCUT2D eigenvalue weighted by atomic mass is 9.69. The SMILES string of the molecule is COc1ccc(C2(CNC(=O)c3nc4nc(C)cc(C)n4n3)CCCCC2)cc1. The van der Waals surface area contributed by atoms with Gasteiger partial charge in [-0.3, -0.25) is 4.79 Å². The van der Waals surface area contributed by atoms with Crippen LogP contribution in [0.4, 0.5) is 0 Å². The van der Waals surface area contributed by atoms with Gasteiger partial charge in [-0.25, -0.2) is 9.50 Å². The molecular weight excluding hydrogens is 366 g/mol. The van der Waals surface area contributed by atoms with Gasteiger partial charge < -0.3 is 10.1 Å². The summed E-state index contributed by atoms with van der Waals surface area (Å²) >= 11 is 0. The Kier molecular flexibility index (Phi) is 5.22. The standard InChI is InChI=1S/C22H27N5O2/c1-15-13-16(2)27-21(24-15)25-19(26-27)20(28)23-14-22(11-5-4-6-12-22)17-7-9-18(29-3)10-8-17/h7-10,13H,4-6,11-12,14H2,1-3H3,(H,23,28). The number of fused-ring (bicyclic) bond motifs is 1. The maximum atomic E-state index is 12.8. The molecule has 1 N–H and O–H groups in total. The Bertz CT molecular complexity index is 1020. The molecule has 7 nitrogen and oxygen atoms in total. The van der Waals surface area contributed by atoms with Gasteiger partial charge >= 0.3 is 0 Å². The maximum absolute atomic E-state index is 12.8. The quantitative estimate of drug-likeness (QED) is 0.719. The van der Waals surface area contributed by atoms with Gasteiger partial charge in [-0.2, -0.15) is 4.98 Å². The number of amides is 1. The maximum Gasteiger partial charge on any atom is 0.291 e. The molecule has 1 amide bonds. The number of nitrogens with one attached hydrogen (secondary N) is 1. The Morgan fingerprint density at radius 3 is 2.55 bits per heavy atom. The molecule has 7 heteroatoms. The molecule has 0 spiro atoms. The minimum Gasteiger partial charge on any atom is -0.497 e. The number of hydrogen-bond acceptors (Lipinski definition) is 5. The van der Waals surface area contributed by atoms with Gasteiger partial charge in [0.25, 0.3) is 11.7 Å². The Labute approximate surface area is 170 Å². The largest absolute Gasteiger partial charge is 0.497 e. The van der Waals surface area contributed by atoms with Crippen LogP contribution in [0.15, 0.2) is 30.3 Å². The first-order valence-corrected chi connectivity index (χ1v) is 10.1. The molecule has 2 heterocycles. The van der Waals surface area contributed by atoms with Crippen molar-refractivity contribution < 1.29 is 9.53 Å². The smallest absolute Gasteiger partial charge is 0.291 e. The number of methoxy groups -OCH3 is 1. The molecule has 1 aromatic carbocycles. The molecule has 0 atom stereocenters. The number of aryl methyl sites for hydroxylation is 2. The average molecular weight is 393 g/mol. The predicted octanol–water partition coefficient (Wildman–Crippen LogP) is 3.38. The second-order valence-corrected chi connectivity index (χ2v) is 7.94. The molecule has 0 saturated heterocycles. The lowest BCUT2D eigenvalue weighted by molar-refractivity contribution is 0.0926. The number of aromatic nitrogens is 4. The molecule has 0 bridgehead atoms. The zero-order valence-corrected chi connectivity index (χ0v) is 17.2. The fourth-order valence-corrected chi connectivity index (χ4v) is 4.33. The third-order valence-electron chi connectivity index (χ3n) is 5.92. The molecule has 4 rings (SSSR count). The molecule has 152 valence electrons. The Balaban J connectivity index is 1.55. The van der Waals surface area contributed by atoms with Crippen LogP contribution in [-0.4, -0.2) is 39.1 Å². The first-order valence-electron chi connectivity index (χ1n) is 10.1. The first kappa shape index (κ1) is 19.4. The lowest BCUT2D eigenvalue weighted by Crippen LogP contribution is -2.42. The summed E-state index contributed by atoms with van der Waals surface area (Å²) in [5, 5.41) is 7.44. The van der Waals surface area contributed by atoms with Crippen molar-refractivity contribution in [2.45, 2.75) is 51.4 Å². The van der Waals surface area contributed by atoms with Crippen molar-refractivity contribution in [3.63, 3.8) is 0 Å². The number of rotatable bonds is 5. The number of nitrogens with zero attached hydrogens (tertiary/aromatic N) is 4. The summed E-state index contributed by atoms with van der Waals surface area (Å²) in [4.78, 5) is 21.5. The Morgan fingerprint density at radius 2 is 1.86 bits per heavy atom. The Hall–Kier alpha value is -2.96. The number of carbonyl (C=O) groups excluding carboxylic acids is 1. The molecule has 0 radical (unpaired) electrons. The third kappa shape index (κ3) is 3.81. The fraction of sp³-hybridized carbons (Fsp3) is 0.455. The van der Waals surface area contributed by atoms with Crippen LogP contribution < -0.4 is 10.1 Å². The van der Waals surface area contributed by atoms with E-state index in [4.69, 9.17) is 4.74 Å². The van der Waals surface area contributed by atoms with Gasteiger partial charge in [0.05, 0.1) is 7.11 Å². The van der Waals surface area contributed by atoms with E-state index in [1.165, 1.54) is 12.0 Å². The average Bonchev–Trinajstić information content (AvgIpc) is 3.17. The first-order chi connectivity index (χ1) is 14.0. The van der Waals surface area contributed by atoms with Crippen LogP contribution in [0.5, 0.6) is 5.75 Å². The van der Waals surface area contributed by atoms with E-state index in [0.717, 1.165) is 42.8 Å². The lowest BCUT2D eigenvalue weighted by Gasteiger charge is -2.38. The van der Waals surface area contributed by atoms with E-state index in [9.17, 15) is 4.79 Å². The van der Waals surface area contributed by atoms with E-state index in [0.29, 0.717) is 12.3 Å². The van der Waals surface area contributed by atoms with Crippen LogP contribution in [0.1, 0.15) is 59.7 Å². The number of hydrogen-bond donors (Lipinski definition) is 1. The molecule has 1 saturated carbocycles. The third-order valence-corrected chi connectivity index (χ3v) is 5.92. The summed E-state index contributed by atoms with van der Waals surface area (Å²) in [5.74, 6) is 1.20. The van der Waals surface area contributed by atoms with Crippen molar-refractivity contribution >= 4 is 11.7 Å². The van der Waals surface area contributed by atoms with Gasteiger partial charge in [-0.1, -0.05) is 31.4 Å². The van der Waals surface area contributed by atoms with Crippen molar-refractivity contribution in [3.8, 4) is 5.75 Å². The molecule has 3 aromatic rings. The van der Waals surface area contributed by atoms with Crippen molar-refractivity contribution in [2.24, 2.45) is 0 Å². The highest BCUT2D eigenvalue weighted by Crippen LogP contribution is 2.39. The summed E-state index contributed by atoms with van der Waals surface area (Å²) < 4.78 is 6.91. The number of benzene rings is 1. The van der Waals surface area contributed by atoms with Crippen LogP contribution >= 0.6 is 0 Å². The van der Waals surface area contributed by atoms with E-state index in [1.54, 1.807) is 11.6 Å². The second-order valence-electron chi connectivity index (χ2n) is 7.94. The van der Waals surface area contributed by atoms with Crippen molar-refractivity contribution in [3.05, 3.63) is 53.1 Å². The van der Waals surface area contributed by atoms with Crippen LogP contribution in [0.2, 0.25) is 0 Å². The van der Waals surface area contributed by atoms with Crippen LogP contribution in [0.25, 0.3) is 5.78 Å². The summed E-state index contributed by atoms with van der Waals surface area (Å²) in [6.45, 7) is 4.40. The highest BCUT2D eigenvalue weighted by molar-refractivity contribution is 5.90. The normalized spacial score (nSPS) is 16.0. The van der Waals surface area contributed by atoms with E-state index < -0.39 is 0 Å². The van der Waals surface area contributed by atoms with E-state index in [-0.39, 0.29) is 17.1 Å². The zero-order chi connectivity index (χ0) is 20.4. The summed E-state index contributed by atoms with van der Waals surface area (Å²) in [7, 11) is 1.67. The van der Waals surface area contributed by atoms with Crippen molar-refractivity contribution in [2.75, 3.05) is 13.7 Å². The van der Waals surface area contributed by atoms with Crippen molar-refractivity contribution in [1.29, 1.82) is 0 Å². The molecule has 2 aromatic heterocycles. The fourth-order valence-electron chi connectivity index (χ4n) is 4.33. The van der Waals surface area contributed by atoms with Crippen LogP contribution in [0.3, 0.4) is 0 Å². The monoisotopic (exact) mass is 393 g/mol. The van der Waals surface area contributed by atoms with Gasteiger partial charge in [0, 0.05) is 23.3 Å². The molecule has 0 aliphatic heterocycles. The molecule has 1 fully saturated rings. The second kappa shape index (κ2) is 7.81. The van der Waals surface area contributed by atoms with Gasteiger partial charge in [0.1, 0.15) is 5.75 Å². The highest BCUT2D eigenvalue weighted by atomic mass is 16.5. The highest BCUT2D eigenvalue weighted by Gasteiger charge is 2.34. The molecule has 1 aliphatic rings. The summed E-state index contributed by atoms with van der Waals surface area (Å²) in [6, 6.07) is 10.1. The van der Waals surface area contributed by atoms with Gasteiger partial charge in [0.2, 0.25) is 5.82 Å². The minimum atomic E-state index is -0.258. The number of carbonyl (C=O) groups is 1. The molecule has 0 unspecified atom stereocenters. The van der Waals surface area contributed by atoms with Crippen LogP contribution in [-0.2, 0) is 5.41 Å². The van der Waals surface area contributed by atoms with E-state index in [2.05, 4.69) is 32.5 Å². The minimum absolute atomic E-state index is 0.0654. The molecule has 1 aliphatic carbocycles. The predicted molar refractivity (Wildman–Crippen MR) is 110 cm³/mol. The zero-order valence-electron chi connectivity index (χ0n) is 17.2. The van der Waals surface area contributed by atoms with Gasteiger partial charge in [-0.15, -0.1) is 5.10 Å². The summed E-state index contributed by atoms with van der Waals surface area (Å²) in [6.07, 6.45) is 5.67. The summed E-state index contributed by atoms with van der Waals surface area (Å²) in [5.41, 5.74) is 2.94. The van der Waals surface area contributed by atoms with Crippen LogP contribution in [0, 0.1) is 13.8 Å². The van der Waals surface area contributed by atoms with Gasteiger partial charge in [-0.05, 0) is 50.5 Å². The van der Waals surface area contributed by atoms with E-state index in [1.807, 2.05) is 32.0 Å². The van der Waals surface area contributed by atoms with Crippen molar-refractivity contribution in [1.82, 2.24) is 24.9 Å². The molecular formula is C22H27N5O2. The Morgan fingerprint density at radius 1 is 1.14 bits per heavy atom. The molecule has 29 heavy (non-hydrogen) atoms.